The normalized spacial score (nSPS) is 26.1. The molecule has 8 nitrogen and oxygen atoms in total. The van der Waals surface area contributed by atoms with Gasteiger partial charge in [-0.1, -0.05) is 20.3 Å². The number of rotatable bonds is 5. The minimum Gasteiger partial charge on any atom is -0.379 e. The van der Waals surface area contributed by atoms with Gasteiger partial charge in [0, 0.05) is 56.4 Å². The molecule has 1 amide bonds. The Bertz CT molecular complexity index is 927. The molecule has 1 aromatic rings. The highest BCUT2D eigenvalue weighted by Gasteiger charge is 2.39. The Morgan fingerprint density at radius 3 is 2.64 bits per heavy atom. The lowest BCUT2D eigenvalue weighted by Gasteiger charge is -2.33. The van der Waals surface area contributed by atoms with Crippen molar-refractivity contribution in [1.82, 2.24) is 10.2 Å². The maximum absolute atomic E-state index is 13.3. The Balaban J connectivity index is 0.00000115. The molecule has 1 saturated carbocycles. The number of carbonyl (C=O) groups excluding carboxylic acids is 1. The van der Waals surface area contributed by atoms with E-state index in [9.17, 15) is 28.1 Å². The molecule has 202 valence electrons. The summed E-state index contributed by atoms with van der Waals surface area (Å²) in [5.41, 5.74) is -1.10. The van der Waals surface area contributed by atoms with Crippen molar-refractivity contribution in [2.45, 2.75) is 83.3 Å². The van der Waals surface area contributed by atoms with Gasteiger partial charge in [-0.05, 0) is 43.7 Å². The number of methoxy groups -OCH3 is 1. The second kappa shape index (κ2) is 12.3. The summed E-state index contributed by atoms with van der Waals surface area (Å²) in [7, 11) is 1.65. The van der Waals surface area contributed by atoms with E-state index in [0.717, 1.165) is 18.9 Å². The summed E-state index contributed by atoms with van der Waals surface area (Å²) in [5, 5.41) is 14.9. The van der Waals surface area contributed by atoms with E-state index in [4.69, 9.17) is 9.47 Å². The molecule has 3 aliphatic rings. The first-order chi connectivity index (χ1) is 17.1. The summed E-state index contributed by atoms with van der Waals surface area (Å²) < 4.78 is 50.7. The summed E-state index contributed by atoms with van der Waals surface area (Å²) in [6.45, 7) is 5.66. The molecule has 2 heterocycles. The van der Waals surface area contributed by atoms with Crippen molar-refractivity contribution in [2.75, 3.05) is 26.9 Å². The first-order valence-corrected chi connectivity index (χ1v) is 12.6. The number of amides is 1. The first-order valence-electron chi connectivity index (χ1n) is 12.6. The lowest BCUT2D eigenvalue weighted by atomic mass is 9.94. The minimum atomic E-state index is -4.69. The van der Waals surface area contributed by atoms with Gasteiger partial charge >= 0.3 is 6.18 Å². The van der Waals surface area contributed by atoms with Gasteiger partial charge in [0.1, 0.15) is 0 Å². The molecule has 11 heteroatoms. The van der Waals surface area contributed by atoms with E-state index in [1.165, 1.54) is 6.42 Å². The SMILES string of the molecule is CCC.COC1COCCC1NC1CCC(C(=O)N2CCc3c(cc(C(F)(F)F)cc3[N+](=O)[O-])C2)C1. The highest BCUT2D eigenvalue weighted by atomic mass is 19.4. The van der Waals surface area contributed by atoms with Crippen LogP contribution in [0.4, 0.5) is 18.9 Å². The predicted octanol–water partition coefficient (Wildman–Crippen LogP) is 4.48. The van der Waals surface area contributed by atoms with Crippen molar-refractivity contribution in [1.29, 1.82) is 0 Å². The summed E-state index contributed by atoms with van der Waals surface area (Å²) in [6, 6.07) is 1.85. The monoisotopic (exact) mass is 515 g/mol. The van der Waals surface area contributed by atoms with Crippen LogP contribution in [0.15, 0.2) is 12.1 Å². The molecule has 2 aliphatic heterocycles. The number of nitro groups is 1. The quantitative estimate of drug-likeness (QED) is 0.459. The molecule has 1 N–H and O–H groups in total. The zero-order valence-corrected chi connectivity index (χ0v) is 21.1. The number of fused-ring (bicyclic) bond motifs is 1. The number of nitro benzene ring substituents is 1. The van der Waals surface area contributed by atoms with Crippen molar-refractivity contribution < 1.29 is 32.4 Å². The van der Waals surface area contributed by atoms with Crippen LogP contribution in [-0.4, -0.2) is 60.8 Å². The maximum Gasteiger partial charge on any atom is 0.416 e. The number of nitrogens with zero attached hydrogens (tertiary/aromatic N) is 2. The number of nitrogens with one attached hydrogen (secondary N) is 1. The molecule has 4 rings (SSSR count). The Labute approximate surface area is 209 Å². The Kier molecular flexibility index (Phi) is 9.71. The van der Waals surface area contributed by atoms with Crippen LogP contribution >= 0.6 is 0 Å². The van der Waals surface area contributed by atoms with Gasteiger partial charge in [-0.3, -0.25) is 14.9 Å². The van der Waals surface area contributed by atoms with Crippen LogP contribution in [0.1, 0.15) is 62.6 Å². The van der Waals surface area contributed by atoms with Gasteiger partial charge in [-0.2, -0.15) is 13.2 Å². The third-order valence-corrected chi connectivity index (χ3v) is 6.99. The lowest BCUT2D eigenvalue weighted by Crippen LogP contribution is -2.50. The highest BCUT2D eigenvalue weighted by molar-refractivity contribution is 5.79. The van der Waals surface area contributed by atoms with E-state index in [1.54, 1.807) is 12.0 Å². The van der Waals surface area contributed by atoms with E-state index in [1.807, 2.05) is 0 Å². The Hall–Kier alpha value is -2.24. The predicted molar refractivity (Wildman–Crippen MR) is 127 cm³/mol. The summed E-state index contributed by atoms with van der Waals surface area (Å²) in [4.78, 5) is 25.3. The molecule has 1 aromatic carbocycles. The third kappa shape index (κ3) is 6.74. The van der Waals surface area contributed by atoms with Crippen molar-refractivity contribution in [2.24, 2.45) is 5.92 Å². The second-order valence-corrected chi connectivity index (χ2v) is 9.72. The Morgan fingerprint density at radius 1 is 1.28 bits per heavy atom. The third-order valence-electron chi connectivity index (χ3n) is 6.99. The fraction of sp³-hybridized carbons (Fsp3) is 0.720. The zero-order chi connectivity index (χ0) is 26.5. The fourth-order valence-corrected chi connectivity index (χ4v) is 5.24. The molecule has 0 radical (unpaired) electrons. The van der Waals surface area contributed by atoms with Gasteiger partial charge in [0.25, 0.3) is 5.69 Å². The smallest absolute Gasteiger partial charge is 0.379 e. The number of benzene rings is 1. The van der Waals surface area contributed by atoms with Gasteiger partial charge in [0.2, 0.25) is 5.91 Å². The number of alkyl halides is 3. The van der Waals surface area contributed by atoms with Crippen LogP contribution in [0.3, 0.4) is 0 Å². The number of hydrogen-bond acceptors (Lipinski definition) is 6. The molecule has 0 aromatic heterocycles. The largest absolute Gasteiger partial charge is 0.416 e. The summed E-state index contributed by atoms with van der Waals surface area (Å²) in [5.74, 6) is -0.314. The topological polar surface area (TPSA) is 93.9 Å². The minimum absolute atomic E-state index is 0.0364. The molecule has 2 fully saturated rings. The van der Waals surface area contributed by atoms with Crippen molar-refractivity contribution in [3.63, 3.8) is 0 Å². The van der Waals surface area contributed by atoms with E-state index in [2.05, 4.69) is 19.2 Å². The van der Waals surface area contributed by atoms with Crippen LogP contribution in [0, 0.1) is 16.0 Å². The van der Waals surface area contributed by atoms with Crippen molar-refractivity contribution in [3.8, 4) is 0 Å². The van der Waals surface area contributed by atoms with Gasteiger partial charge in [0.15, 0.2) is 0 Å². The van der Waals surface area contributed by atoms with Crippen LogP contribution in [0.25, 0.3) is 0 Å². The van der Waals surface area contributed by atoms with Crippen LogP contribution in [0.2, 0.25) is 0 Å². The molecule has 4 atom stereocenters. The zero-order valence-electron chi connectivity index (χ0n) is 21.1. The van der Waals surface area contributed by atoms with Crippen LogP contribution < -0.4 is 5.32 Å². The van der Waals surface area contributed by atoms with E-state index in [-0.39, 0.29) is 60.6 Å². The van der Waals surface area contributed by atoms with E-state index in [0.29, 0.717) is 32.1 Å². The average Bonchev–Trinajstić information content (AvgIpc) is 3.31. The van der Waals surface area contributed by atoms with Gasteiger partial charge < -0.3 is 19.7 Å². The molecular weight excluding hydrogens is 479 g/mol. The maximum atomic E-state index is 13.3. The van der Waals surface area contributed by atoms with Gasteiger partial charge in [-0.25, -0.2) is 0 Å². The summed E-state index contributed by atoms with van der Waals surface area (Å²) in [6.07, 6.45) is -0.301. The lowest BCUT2D eigenvalue weighted by molar-refractivity contribution is -0.385. The molecule has 4 unspecified atom stereocenters. The Morgan fingerprint density at radius 2 is 2.00 bits per heavy atom. The average molecular weight is 516 g/mol. The number of halogens is 3. The summed E-state index contributed by atoms with van der Waals surface area (Å²) >= 11 is 0. The molecule has 1 saturated heterocycles. The molecule has 36 heavy (non-hydrogen) atoms. The van der Waals surface area contributed by atoms with E-state index >= 15 is 0 Å². The number of hydrogen-bond donors (Lipinski definition) is 1. The standard InChI is InChI=1S/C22H28F3N3O5.C3H8/c1-32-20-12-33-7-5-18(20)26-16-3-2-13(9-16)21(29)27-6-4-17-14(11-27)8-15(22(23,24)25)10-19(17)28(30)31;1-3-2/h8,10,13,16,18,20,26H,2-7,9,11-12H2,1H3;3H2,1-2H3. The second-order valence-electron chi connectivity index (χ2n) is 9.72. The first kappa shape index (κ1) is 28.3. The number of carbonyl (C=O) groups is 1. The number of ether oxygens (including phenoxy) is 2. The van der Waals surface area contributed by atoms with Gasteiger partial charge in [0.05, 0.1) is 23.2 Å². The molecular formula is C25H36F3N3O5. The molecule has 0 bridgehead atoms. The highest BCUT2D eigenvalue weighted by Crippen LogP contribution is 2.38. The van der Waals surface area contributed by atoms with E-state index < -0.39 is 22.4 Å². The van der Waals surface area contributed by atoms with Crippen LogP contribution in [-0.2, 0) is 33.4 Å². The van der Waals surface area contributed by atoms with Crippen molar-refractivity contribution >= 4 is 11.6 Å². The van der Waals surface area contributed by atoms with Gasteiger partial charge in [-0.15, -0.1) is 0 Å². The molecule has 0 spiro atoms. The molecule has 1 aliphatic carbocycles. The fourth-order valence-electron chi connectivity index (χ4n) is 5.24. The van der Waals surface area contributed by atoms with Crippen LogP contribution in [0.5, 0.6) is 0 Å². The van der Waals surface area contributed by atoms with Crippen molar-refractivity contribution in [3.05, 3.63) is 38.9 Å².